The minimum Gasteiger partial charge on any atom is -0.350 e. The average molecular weight is 368 g/mol. The van der Waals surface area contributed by atoms with Gasteiger partial charge in [-0.2, -0.15) is 14.6 Å². The van der Waals surface area contributed by atoms with Crippen LogP contribution in [0.4, 0.5) is 10.3 Å². The number of rotatable bonds is 4. The second-order valence-corrected chi connectivity index (χ2v) is 5.87. The van der Waals surface area contributed by atoms with Gasteiger partial charge in [0.15, 0.2) is 10.8 Å². The lowest BCUT2D eigenvalue weighted by atomic mass is 10.2. The van der Waals surface area contributed by atoms with Crippen molar-refractivity contribution in [3.05, 3.63) is 46.3 Å². The zero-order chi connectivity index (χ0) is 14.8. The number of thioether (sulfide) groups is 1. The molecule has 8 heteroatoms. The van der Waals surface area contributed by atoms with E-state index >= 15 is 0 Å². The molecule has 108 valence electrons. The molecule has 2 aromatic heterocycles. The molecule has 3 rings (SSSR count). The van der Waals surface area contributed by atoms with Gasteiger partial charge in [-0.1, -0.05) is 23.9 Å². The molecule has 5 nitrogen and oxygen atoms in total. The van der Waals surface area contributed by atoms with Gasteiger partial charge in [0.05, 0.1) is 10.7 Å². The van der Waals surface area contributed by atoms with E-state index in [0.717, 1.165) is 10.0 Å². The van der Waals surface area contributed by atoms with Crippen LogP contribution in [-0.2, 0) is 6.54 Å². The van der Waals surface area contributed by atoms with Gasteiger partial charge in [-0.05, 0) is 39.9 Å². The van der Waals surface area contributed by atoms with Crippen molar-refractivity contribution in [2.75, 3.05) is 11.6 Å². The second-order valence-electron chi connectivity index (χ2n) is 4.24. The summed E-state index contributed by atoms with van der Waals surface area (Å²) >= 11 is 4.88. The standard InChI is InChI=1S/C13H11BrFN5S/c1-21-13-18-11-10(14)7-17-20(11)12(19-13)16-6-8-2-4-9(15)5-3-8/h2-5,7H,6H2,1H3,(H,16,18,19). The van der Waals surface area contributed by atoms with E-state index in [-0.39, 0.29) is 5.82 Å². The lowest BCUT2D eigenvalue weighted by Gasteiger charge is -2.08. The molecule has 0 aliphatic rings. The van der Waals surface area contributed by atoms with Crippen LogP contribution in [0.5, 0.6) is 0 Å². The van der Waals surface area contributed by atoms with Crippen LogP contribution in [0.2, 0.25) is 0 Å². The van der Waals surface area contributed by atoms with Crippen LogP contribution in [-0.4, -0.2) is 25.8 Å². The molecule has 0 amide bonds. The molecular weight excluding hydrogens is 357 g/mol. The first-order chi connectivity index (χ1) is 10.2. The molecule has 0 spiro atoms. The highest BCUT2D eigenvalue weighted by Crippen LogP contribution is 2.21. The lowest BCUT2D eigenvalue weighted by Crippen LogP contribution is -2.09. The van der Waals surface area contributed by atoms with Crippen molar-refractivity contribution in [1.82, 2.24) is 19.6 Å². The van der Waals surface area contributed by atoms with E-state index < -0.39 is 0 Å². The Labute approximate surface area is 133 Å². The summed E-state index contributed by atoms with van der Waals surface area (Å²) in [4.78, 5) is 8.81. The van der Waals surface area contributed by atoms with E-state index in [2.05, 4.69) is 36.3 Å². The maximum Gasteiger partial charge on any atom is 0.228 e. The van der Waals surface area contributed by atoms with Gasteiger partial charge < -0.3 is 5.32 Å². The smallest absolute Gasteiger partial charge is 0.228 e. The van der Waals surface area contributed by atoms with Crippen LogP contribution in [0.1, 0.15) is 5.56 Å². The minimum absolute atomic E-state index is 0.246. The van der Waals surface area contributed by atoms with E-state index in [1.54, 1.807) is 22.8 Å². The fraction of sp³-hybridized carbons (Fsp3) is 0.154. The number of aromatic nitrogens is 4. The highest BCUT2D eigenvalue weighted by molar-refractivity contribution is 9.10. The van der Waals surface area contributed by atoms with E-state index in [9.17, 15) is 4.39 Å². The van der Waals surface area contributed by atoms with Crippen molar-refractivity contribution in [3.63, 3.8) is 0 Å². The number of hydrogen-bond acceptors (Lipinski definition) is 5. The molecule has 0 saturated heterocycles. The predicted octanol–water partition coefficient (Wildman–Crippen LogP) is 3.36. The van der Waals surface area contributed by atoms with Crippen molar-refractivity contribution >= 4 is 39.3 Å². The molecule has 1 N–H and O–H groups in total. The maximum absolute atomic E-state index is 12.9. The number of anilines is 1. The molecular formula is C13H11BrFN5S. The van der Waals surface area contributed by atoms with E-state index in [4.69, 9.17) is 0 Å². The number of nitrogens with zero attached hydrogens (tertiary/aromatic N) is 4. The summed E-state index contributed by atoms with van der Waals surface area (Å²) in [6.07, 6.45) is 3.59. The molecule has 0 radical (unpaired) electrons. The monoisotopic (exact) mass is 367 g/mol. The minimum atomic E-state index is -0.246. The topological polar surface area (TPSA) is 55.1 Å². The first-order valence-corrected chi connectivity index (χ1v) is 8.13. The summed E-state index contributed by atoms with van der Waals surface area (Å²) in [5, 5.41) is 8.09. The van der Waals surface area contributed by atoms with Gasteiger partial charge in [0.2, 0.25) is 5.95 Å². The summed E-state index contributed by atoms with van der Waals surface area (Å²) in [7, 11) is 0. The third kappa shape index (κ3) is 3.01. The van der Waals surface area contributed by atoms with Crippen LogP contribution in [0.15, 0.2) is 40.1 Å². The number of benzene rings is 1. The summed E-state index contributed by atoms with van der Waals surface area (Å²) in [6.45, 7) is 0.525. The largest absolute Gasteiger partial charge is 0.350 e. The van der Waals surface area contributed by atoms with Crippen LogP contribution in [0.3, 0.4) is 0 Å². The number of fused-ring (bicyclic) bond motifs is 1. The maximum atomic E-state index is 12.9. The van der Waals surface area contributed by atoms with Crippen LogP contribution >= 0.6 is 27.7 Å². The summed E-state index contributed by atoms with van der Waals surface area (Å²) in [5.41, 5.74) is 1.66. The Morgan fingerprint density at radius 2 is 2.05 bits per heavy atom. The molecule has 0 atom stereocenters. The number of nitrogens with one attached hydrogen (secondary N) is 1. The van der Waals surface area contributed by atoms with Crippen molar-refractivity contribution < 1.29 is 4.39 Å². The van der Waals surface area contributed by atoms with Gasteiger partial charge in [0.1, 0.15) is 5.82 Å². The third-order valence-electron chi connectivity index (χ3n) is 2.85. The average Bonchev–Trinajstić information content (AvgIpc) is 2.88. The van der Waals surface area contributed by atoms with Gasteiger partial charge in [0.25, 0.3) is 0 Å². The quantitative estimate of drug-likeness (QED) is 0.716. The van der Waals surface area contributed by atoms with Crippen LogP contribution in [0, 0.1) is 5.82 Å². The fourth-order valence-corrected chi connectivity index (χ4v) is 2.52. The van der Waals surface area contributed by atoms with E-state index in [1.165, 1.54) is 23.9 Å². The Balaban J connectivity index is 1.90. The fourth-order valence-electron chi connectivity index (χ4n) is 1.82. The third-order valence-corrected chi connectivity index (χ3v) is 3.96. The molecule has 0 fully saturated rings. The van der Waals surface area contributed by atoms with Gasteiger partial charge in [0, 0.05) is 6.54 Å². The summed E-state index contributed by atoms with van der Waals surface area (Å²) < 4.78 is 15.3. The Hall–Kier alpha value is -1.67. The molecule has 0 aliphatic carbocycles. The van der Waals surface area contributed by atoms with E-state index in [1.807, 2.05) is 6.26 Å². The Kier molecular flexibility index (Phi) is 4.07. The van der Waals surface area contributed by atoms with Crippen molar-refractivity contribution in [1.29, 1.82) is 0 Å². The molecule has 3 aromatic rings. The van der Waals surface area contributed by atoms with Gasteiger partial charge in [-0.25, -0.2) is 9.37 Å². The van der Waals surface area contributed by atoms with Gasteiger partial charge >= 0.3 is 0 Å². The van der Waals surface area contributed by atoms with Gasteiger partial charge in [-0.15, -0.1) is 0 Å². The Bertz CT molecular complexity index is 774. The molecule has 0 bridgehead atoms. The zero-order valence-corrected chi connectivity index (χ0v) is 13.4. The zero-order valence-electron chi connectivity index (χ0n) is 11.0. The number of halogens is 2. The number of hydrogen-bond donors (Lipinski definition) is 1. The summed E-state index contributed by atoms with van der Waals surface area (Å²) in [6, 6.07) is 6.33. The lowest BCUT2D eigenvalue weighted by molar-refractivity contribution is 0.627. The van der Waals surface area contributed by atoms with E-state index in [0.29, 0.717) is 23.3 Å². The first kappa shape index (κ1) is 14.3. The molecule has 21 heavy (non-hydrogen) atoms. The molecule has 0 saturated carbocycles. The Morgan fingerprint density at radius 3 is 2.76 bits per heavy atom. The highest BCUT2D eigenvalue weighted by Gasteiger charge is 2.11. The van der Waals surface area contributed by atoms with Crippen molar-refractivity contribution in [2.24, 2.45) is 0 Å². The first-order valence-electron chi connectivity index (χ1n) is 6.11. The second kappa shape index (κ2) is 5.98. The normalized spacial score (nSPS) is 11.0. The predicted molar refractivity (Wildman–Crippen MR) is 84.0 cm³/mol. The van der Waals surface area contributed by atoms with Crippen molar-refractivity contribution in [3.8, 4) is 0 Å². The SMILES string of the molecule is CSc1nc(NCc2ccc(F)cc2)n2ncc(Br)c2n1. The highest BCUT2D eigenvalue weighted by atomic mass is 79.9. The molecule has 0 unspecified atom stereocenters. The molecule has 2 heterocycles. The van der Waals surface area contributed by atoms with Crippen LogP contribution in [0.25, 0.3) is 5.65 Å². The Morgan fingerprint density at radius 1 is 1.29 bits per heavy atom. The van der Waals surface area contributed by atoms with Crippen LogP contribution < -0.4 is 5.32 Å². The van der Waals surface area contributed by atoms with Gasteiger partial charge in [-0.3, -0.25) is 0 Å². The molecule has 1 aromatic carbocycles. The van der Waals surface area contributed by atoms with Crippen molar-refractivity contribution in [2.45, 2.75) is 11.7 Å². The summed E-state index contributed by atoms with van der Waals surface area (Å²) in [5.74, 6) is 0.350. The molecule has 0 aliphatic heterocycles.